The van der Waals surface area contributed by atoms with Crippen LogP contribution in [-0.2, 0) is 14.4 Å². The van der Waals surface area contributed by atoms with Crippen molar-refractivity contribution in [3.05, 3.63) is 0 Å². The van der Waals surface area contributed by atoms with Gasteiger partial charge in [-0.3, -0.25) is 19.3 Å². The van der Waals surface area contributed by atoms with Crippen molar-refractivity contribution in [2.75, 3.05) is 13.6 Å². The zero-order valence-electron chi connectivity index (χ0n) is 11.3. The van der Waals surface area contributed by atoms with Crippen LogP contribution < -0.4 is 5.32 Å². The van der Waals surface area contributed by atoms with Crippen LogP contribution in [-0.4, -0.2) is 46.9 Å². The molecular formula is C13H20N2O4. The molecule has 6 nitrogen and oxygen atoms in total. The number of carboxylic acids is 1. The molecule has 2 rings (SSSR count). The van der Waals surface area contributed by atoms with Gasteiger partial charge in [0.1, 0.15) is 5.54 Å². The summed E-state index contributed by atoms with van der Waals surface area (Å²) in [4.78, 5) is 35.8. The number of piperidine rings is 1. The summed E-state index contributed by atoms with van der Waals surface area (Å²) in [6.07, 6.45) is 2.52. The van der Waals surface area contributed by atoms with Gasteiger partial charge >= 0.3 is 5.97 Å². The van der Waals surface area contributed by atoms with Gasteiger partial charge in [0.2, 0.25) is 11.8 Å². The van der Waals surface area contributed by atoms with Crippen LogP contribution in [0.2, 0.25) is 0 Å². The van der Waals surface area contributed by atoms with Crippen LogP contribution in [0.1, 0.15) is 32.6 Å². The normalized spacial score (nSPS) is 28.2. The van der Waals surface area contributed by atoms with Gasteiger partial charge in [-0.25, -0.2) is 0 Å². The molecule has 0 bridgehead atoms. The lowest BCUT2D eigenvalue weighted by Crippen LogP contribution is -2.47. The van der Waals surface area contributed by atoms with Gasteiger partial charge in [-0.05, 0) is 39.7 Å². The lowest BCUT2D eigenvalue weighted by Gasteiger charge is -2.24. The number of carbonyl (C=O) groups excluding carboxylic acids is 2. The van der Waals surface area contributed by atoms with E-state index in [4.69, 9.17) is 5.11 Å². The SMILES string of the molecule is CNC(C)(CCCCN1C(=O)C2CC2C1=O)C(=O)O. The summed E-state index contributed by atoms with van der Waals surface area (Å²) in [5.74, 6) is -1.05. The van der Waals surface area contributed by atoms with Gasteiger partial charge in [0, 0.05) is 6.54 Å². The molecule has 2 amide bonds. The predicted molar refractivity (Wildman–Crippen MR) is 67.3 cm³/mol. The maximum atomic E-state index is 11.7. The quantitative estimate of drug-likeness (QED) is 0.509. The first-order chi connectivity index (χ1) is 8.90. The van der Waals surface area contributed by atoms with Gasteiger partial charge in [-0.2, -0.15) is 0 Å². The molecule has 1 heterocycles. The topological polar surface area (TPSA) is 86.7 Å². The number of imide groups is 1. The third-order valence-electron chi connectivity index (χ3n) is 4.29. The fourth-order valence-electron chi connectivity index (χ4n) is 2.56. The Balaban J connectivity index is 1.74. The van der Waals surface area contributed by atoms with E-state index in [-0.39, 0.29) is 23.7 Å². The van der Waals surface area contributed by atoms with Crippen molar-refractivity contribution in [2.45, 2.75) is 38.1 Å². The largest absolute Gasteiger partial charge is 0.480 e. The average Bonchev–Trinajstić information content (AvgIpc) is 3.12. The molecule has 0 aromatic heterocycles. The Morgan fingerprint density at radius 2 is 1.95 bits per heavy atom. The van der Waals surface area contributed by atoms with E-state index < -0.39 is 11.5 Å². The Kier molecular flexibility index (Phi) is 3.62. The summed E-state index contributed by atoms with van der Waals surface area (Å²) < 4.78 is 0. The fourth-order valence-corrected chi connectivity index (χ4v) is 2.56. The van der Waals surface area contributed by atoms with Gasteiger partial charge < -0.3 is 10.4 Å². The summed E-state index contributed by atoms with van der Waals surface area (Å²) in [6, 6.07) is 0. The number of likely N-dealkylation sites (N-methyl/N-ethyl adjacent to an activating group) is 1. The Bertz CT molecular complexity index is 403. The highest BCUT2D eigenvalue weighted by Crippen LogP contribution is 2.46. The number of unbranched alkanes of at least 4 members (excludes halogenated alkanes) is 1. The molecule has 1 aliphatic carbocycles. The molecule has 1 aliphatic heterocycles. The van der Waals surface area contributed by atoms with E-state index in [1.165, 1.54) is 4.90 Å². The summed E-state index contributed by atoms with van der Waals surface area (Å²) in [6.45, 7) is 2.06. The molecule has 6 heteroatoms. The van der Waals surface area contributed by atoms with Crippen molar-refractivity contribution in [3.8, 4) is 0 Å². The molecule has 0 aromatic carbocycles. The Labute approximate surface area is 112 Å². The molecule has 106 valence electrons. The second kappa shape index (κ2) is 4.92. The molecule has 3 atom stereocenters. The minimum Gasteiger partial charge on any atom is -0.480 e. The van der Waals surface area contributed by atoms with Gasteiger partial charge in [-0.1, -0.05) is 0 Å². The number of fused-ring (bicyclic) bond motifs is 1. The molecule has 3 unspecified atom stereocenters. The monoisotopic (exact) mass is 268 g/mol. The van der Waals surface area contributed by atoms with Crippen LogP contribution in [0.15, 0.2) is 0 Å². The number of hydrogen-bond acceptors (Lipinski definition) is 4. The van der Waals surface area contributed by atoms with Crippen molar-refractivity contribution in [2.24, 2.45) is 11.8 Å². The first-order valence-corrected chi connectivity index (χ1v) is 6.68. The number of rotatable bonds is 7. The van der Waals surface area contributed by atoms with Gasteiger partial charge in [0.15, 0.2) is 0 Å². The van der Waals surface area contributed by atoms with Crippen LogP contribution in [0.5, 0.6) is 0 Å². The minimum absolute atomic E-state index is 0.0374. The van der Waals surface area contributed by atoms with Crippen LogP contribution in [0.25, 0.3) is 0 Å². The molecule has 0 aromatic rings. The zero-order chi connectivity index (χ0) is 14.2. The number of aliphatic carboxylic acids is 1. The maximum Gasteiger partial charge on any atom is 0.323 e. The summed E-state index contributed by atoms with van der Waals surface area (Å²) in [5, 5.41) is 11.9. The number of carbonyl (C=O) groups is 3. The smallest absolute Gasteiger partial charge is 0.323 e. The lowest BCUT2D eigenvalue weighted by molar-refractivity contribution is -0.145. The highest BCUT2D eigenvalue weighted by Gasteiger charge is 2.58. The second-order valence-corrected chi connectivity index (χ2v) is 5.62. The van der Waals surface area contributed by atoms with E-state index >= 15 is 0 Å². The number of amides is 2. The Morgan fingerprint density at radius 1 is 1.37 bits per heavy atom. The Hall–Kier alpha value is -1.43. The van der Waals surface area contributed by atoms with E-state index in [1.54, 1.807) is 14.0 Å². The molecule has 1 saturated carbocycles. The number of nitrogens with one attached hydrogen (secondary N) is 1. The number of likely N-dealkylation sites (tertiary alicyclic amines) is 1. The van der Waals surface area contributed by atoms with E-state index in [0.29, 0.717) is 25.8 Å². The average molecular weight is 268 g/mol. The molecule has 19 heavy (non-hydrogen) atoms. The van der Waals surface area contributed by atoms with E-state index in [0.717, 1.165) is 6.42 Å². The van der Waals surface area contributed by atoms with Crippen LogP contribution in [0.4, 0.5) is 0 Å². The van der Waals surface area contributed by atoms with E-state index in [1.807, 2.05) is 0 Å². The van der Waals surface area contributed by atoms with Crippen molar-refractivity contribution in [1.82, 2.24) is 10.2 Å². The van der Waals surface area contributed by atoms with Crippen LogP contribution in [0.3, 0.4) is 0 Å². The molecule has 0 spiro atoms. The lowest BCUT2D eigenvalue weighted by atomic mass is 9.95. The first-order valence-electron chi connectivity index (χ1n) is 6.68. The third-order valence-corrected chi connectivity index (χ3v) is 4.29. The molecule has 2 N–H and O–H groups in total. The molecule has 0 radical (unpaired) electrons. The first kappa shape index (κ1) is 14.0. The molecule has 1 saturated heterocycles. The number of hydrogen-bond donors (Lipinski definition) is 2. The highest BCUT2D eigenvalue weighted by atomic mass is 16.4. The predicted octanol–water partition coefficient (Wildman–Crippen LogP) is 0.224. The standard InChI is InChI=1S/C13H20N2O4/c1-13(14-2,12(18)19)5-3-4-6-15-10(16)8-7-9(8)11(15)17/h8-9,14H,3-7H2,1-2H3,(H,18,19). The van der Waals surface area contributed by atoms with Crippen molar-refractivity contribution in [3.63, 3.8) is 0 Å². The summed E-state index contributed by atoms with van der Waals surface area (Å²) in [5.41, 5.74) is -0.943. The molecular weight excluding hydrogens is 248 g/mol. The van der Waals surface area contributed by atoms with E-state index in [2.05, 4.69) is 5.32 Å². The maximum absolute atomic E-state index is 11.7. The summed E-state index contributed by atoms with van der Waals surface area (Å²) >= 11 is 0. The highest BCUT2D eigenvalue weighted by molar-refractivity contribution is 6.08. The van der Waals surface area contributed by atoms with Crippen molar-refractivity contribution >= 4 is 17.8 Å². The van der Waals surface area contributed by atoms with Gasteiger partial charge in [0.25, 0.3) is 0 Å². The Morgan fingerprint density at radius 3 is 2.42 bits per heavy atom. The second-order valence-electron chi connectivity index (χ2n) is 5.62. The van der Waals surface area contributed by atoms with Crippen LogP contribution >= 0.6 is 0 Å². The minimum atomic E-state index is -0.943. The van der Waals surface area contributed by atoms with Gasteiger partial charge in [-0.15, -0.1) is 0 Å². The van der Waals surface area contributed by atoms with E-state index in [9.17, 15) is 14.4 Å². The number of carboxylic acid groups (broad SMARTS) is 1. The van der Waals surface area contributed by atoms with Gasteiger partial charge in [0.05, 0.1) is 11.8 Å². The fraction of sp³-hybridized carbons (Fsp3) is 0.769. The van der Waals surface area contributed by atoms with Crippen molar-refractivity contribution in [1.29, 1.82) is 0 Å². The zero-order valence-corrected chi connectivity index (χ0v) is 11.3. The molecule has 2 fully saturated rings. The summed E-state index contributed by atoms with van der Waals surface area (Å²) in [7, 11) is 1.62. The molecule has 2 aliphatic rings. The third kappa shape index (κ3) is 2.49. The van der Waals surface area contributed by atoms with Crippen LogP contribution in [0, 0.1) is 11.8 Å². The number of nitrogens with zero attached hydrogens (tertiary/aromatic N) is 1. The van der Waals surface area contributed by atoms with Crippen molar-refractivity contribution < 1.29 is 19.5 Å².